The highest BCUT2D eigenvalue weighted by Crippen LogP contribution is 2.28. The number of amides is 1. The summed E-state index contributed by atoms with van der Waals surface area (Å²) in [6.45, 7) is 2.82. The van der Waals surface area contributed by atoms with Gasteiger partial charge in [0.2, 0.25) is 0 Å². The standard InChI is InChI=1S/C20H21N5O/c1-2-14-7-9-17(10-8-14)25-19(16-4-3-11-21-13-16)18(23-24-25)20(26)22-12-15-5-6-15/h3-4,7-11,13,15H,2,5-6,12H2,1H3,(H,22,26). The summed E-state index contributed by atoms with van der Waals surface area (Å²) in [5.41, 5.74) is 3.93. The van der Waals surface area contributed by atoms with Gasteiger partial charge < -0.3 is 5.32 Å². The van der Waals surface area contributed by atoms with E-state index in [-0.39, 0.29) is 5.91 Å². The summed E-state index contributed by atoms with van der Waals surface area (Å²) in [5.74, 6) is 0.421. The lowest BCUT2D eigenvalue weighted by atomic mass is 10.1. The van der Waals surface area contributed by atoms with Gasteiger partial charge in [0.1, 0.15) is 5.69 Å². The first-order valence-electron chi connectivity index (χ1n) is 9.00. The van der Waals surface area contributed by atoms with E-state index in [2.05, 4.69) is 39.7 Å². The van der Waals surface area contributed by atoms with Crippen LogP contribution < -0.4 is 5.32 Å². The average Bonchev–Trinajstić information content (AvgIpc) is 3.42. The molecule has 2 heterocycles. The molecule has 0 atom stereocenters. The van der Waals surface area contributed by atoms with E-state index in [1.165, 1.54) is 18.4 Å². The van der Waals surface area contributed by atoms with Gasteiger partial charge in [-0.25, -0.2) is 4.68 Å². The lowest BCUT2D eigenvalue weighted by Gasteiger charge is -2.09. The molecule has 0 aliphatic heterocycles. The Labute approximate surface area is 152 Å². The third kappa shape index (κ3) is 3.35. The fraction of sp³-hybridized carbons (Fsp3) is 0.300. The number of carbonyl (C=O) groups is 1. The van der Waals surface area contributed by atoms with Gasteiger partial charge in [-0.15, -0.1) is 5.10 Å². The van der Waals surface area contributed by atoms with Crippen LogP contribution in [0.5, 0.6) is 0 Å². The Hall–Kier alpha value is -3.02. The molecular weight excluding hydrogens is 326 g/mol. The molecule has 1 N–H and O–H groups in total. The normalized spacial score (nSPS) is 13.6. The molecule has 6 nitrogen and oxygen atoms in total. The molecule has 1 amide bonds. The fourth-order valence-corrected chi connectivity index (χ4v) is 2.89. The van der Waals surface area contributed by atoms with Gasteiger partial charge in [-0.2, -0.15) is 0 Å². The summed E-state index contributed by atoms with van der Waals surface area (Å²) in [6.07, 6.45) is 6.79. The average molecular weight is 347 g/mol. The molecule has 4 rings (SSSR count). The van der Waals surface area contributed by atoms with Crippen LogP contribution in [-0.4, -0.2) is 32.4 Å². The Morgan fingerprint density at radius 1 is 1.23 bits per heavy atom. The van der Waals surface area contributed by atoms with E-state index in [1.54, 1.807) is 17.1 Å². The Morgan fingerprint density at radius 2 is 2.04 bits per heavy atom. The molecule has 6 heteroatoms. The maximum Gasteiger partial charge on any atom is 0.274 e. The van der Waals surface area contributed by atoms with Gasteiger partial charge in [0, 0.05) is 24.5 Å². The van der Waals surface area contributed by atoms with E-state index in [9.17, 15) is 4.79 Å². The lowest BCUT2D eigenvalue weighted by Crippen LogP contribution is -2.26. The second-order valence-corrected chi connectivity index (χ2v) is 6.61. The molecule has 1 saturated carbocycles. The van der Waals surface area contributed by atoms with E-state index in [0.717, 1.165) is 17.7 Å². The van der Waals surface area contributed by atoms with Crippen molar-refractivity contribution in [3.8, 4) is 16.9 Å². The molecule has 1 fully saturated rings. The lowest BCUT2D eigenvalue weighted by molar-refractivity contribution is 0.0947. The van der Waals surface area contributed by atoms with E-state index < -0.39 is 0 Å². The van der Waals surface area contributed by atoms with Gasteiger partial charge in [-0.3, -0.25) is 9.78 Å². The van der Waals surface area contributed by atoms with Crippen LogP contribution in [0.3, 0.4) is 0 Å². The van der Waals surface area contributed by atoms with Crippen molar-refractivity contribution in [1.29, 1.82) is 0 Å². The van der Waals surface area contributed by atoms with Crippen molar-refractivity contribution in [1.82, 2.24) is 25.3 Å². The summed E-state index contributed by atoms with van der Waals surface area (Å²) in [4.78, 5) is 16.9. The highest BCUT2D eigenvalue weighted by molar-refractivity contribution is 5.98. The number of aryl methyl sites for hydroxylation is 1. The van der Waals surface area contributed by atoms with Crippen molar-refractivity contribution in [2.24, 2.45) is 5.92 Å². The predicted molar refractivity (Wildman–Crippen MR) is 99.0 cm³/mol. The maximum absolute atomic E-state index is 12.7. The zero-order chi connectivity index (χ0) is 17.9. The predicted octanol–water partition coefficient (Wildman–Crippen LogP) is 3.03. The maximum atomic E-state index is 12.7. The first-order chi connectivity index (χ1) is 12.8. The van der Waals surface area contributed by atoms with Crippen molar-refractivity contribution in [2.45, 2.75) is 26.2 Å². The number of hydrogen-bond donors (Lipinski definition) is 1. The molecule has 1 aliphatic rings. The molecule has 2 aromatic heterocycles. The van der Waals surface area contributed by atoms with Gasteiger partial charge in [0.05, 0.1) is 5.69 Å². The number of rotatable bonds is 6. The van der Waals surface area contributed by atoms with Crippen LogP contribution >= 0.6 is 0 Å². The van der Waals surface area contributed by atoms with Crippen molar-refractivity contribution < 1.29 is 4.79 Å². The molecular formula is C20H21N5O. The number of aromatic nitrogens is 4. The number of hydrogen-bond acceptors (Lipinski definition) is 4. The molecule has 26 heavy (non-hydrogen) atoms. The van der Waals surface area contributed by atoms with Crippen LogP contribution in [-0.2, 0) is 6.42 Å². The van der Waals surface area contributed by atoms with Gasteiger partial charge in [-0.05, 0) is 55.0 Å². The van der Waals surface area contributed by atoms with E-state index in [1.807, 2.05) is 24.3 Å². The number of nitrogens with zero attached hydrogens (tertiary/aromatic N) is 4. The molecule has 3 aromatic rings. The zero-order valence-corrected chi connectivity index (χ0v) is 14.7. The van der Waals surface area contributed by atoms with Crippen molar-refractivity contribution in [2.75, 3.05) is 6.54 Å². The van der Waals surface area contributed by atoms with Crippen LogP contribution in [0.4, 0.5) is 0 Å². The fourth-order valence-electron chi connectivity index (χ4n) is 2.89. The van der Waals surface area contributed by atoms with Crippen LogP contribution in [0.15, 0.2) is 48.8 Å². The van der Waals surface area contributed by atoms with Crippen LogP contribution in [0.1, 0.15) is 35.8 Å². The molecule has 0 spiro atoms. The highest BCUT2D eigenvalue weighted by Gasteiger charge is 2.25. The third-order valence-corrected chi connectivity index (χ3v) is 4.66. The quantitative estimate of drug-likeness (QED) is 0.744. The SMILES string of the molecule is CCc1ccc(-n2nnc(C(=O)NCC3CC3)c2-c2cccnc2)cc1. The van der Waals surface area contributed by atoms with Crippen molar-refractivity contribution in [3.05, 3.63) is 60.0 Å². The topological polar surface area (TPSA) is 72.7 Å². The first kappa shape index (κ1) is 16.4. The van der Waals surface area contributed by atoms with Gasteiger partial charge in [0.15, 0.2) is 5.69 Å². The van der Waals surface area contributed by atoms with Gasteiger partial charge >= 0.3 is 0 Å². The molecule has 0 saturated heterocycles. The first-order valence-corrected chi connectivity index (χ1v) is 9.00. The Balaban J connectivity index is 1.74. The number of pyridine rings is 1. The molecule has 1 aromatic carbocycles. The molecule has 0 unspecified atom stereocenters. The minimum atomic E-state index is -0.188. The van der Waals surface area contributed by atoms with Crippen LogP contribution in [0.2, 0.25) is 0 Å². The second-order valence-electron chi connectivity index (χ2n) is 6.61. The minimum absolute atomic E-state index is 0.188. The van der Waals surface area contributed by atoms with Crippen molar-refractivity contribution >= 4 is 5.91 Å². The Morgan fingerprint density at radius 3 is 2.69 bits per heavy atom. The zero-order valence-electron chi connectivity index (χ0n) is 14.7. The second kappa shape index (κ2) is 7.07. The monoisotopic (exact) mass is 347 g/mol. The Bertz CT molecular complexity index is 898. The molecule has 1 aliphatic carbocycles. The third-order valence-electron chi connectivity index (χ3n) is 4.66. The van der Waals surface area contributed by atoms with Crippen molar-refractivity contribution in [3.63, 3.8) is 0 Å². The molecule has 132 valence electrons. The summed E-state index contributed by atoms with van der Waals surface area (Å²) >= 11 is 0. The largest absolute Gasteiger partial charge is 0.350 e. The Kier molecular flexibility index (Phi) is 4.48. The smallest absolute Gasteiger partial charge is 0.274 e. The van der Waals surface area contributed by atoms with E-state index >= 15 is 0 Å². The van der Waals surface area contributed by atoms with Crippen LogP contribution in [0.25, 0.3) is 16.9 Å². The molecule has 0 radical (unpaired) electrons. The molecule has 0 bridgehead atoms. The number of nitrogens with one attached hydrogen (secondary N) is 1. The highest BCUT2D eigenvalue weighted by atomic mass is 16.2. The number of benzene rings is 1. The summed E-state index contributed by atoms with van der Waals surface area (Å²) in [5, 5.41) is 11.4. The van der Waals surface area contributed by atoms with Gasteiger partial charge in [-0.1, -0.05) is 24.3 Å². The van der Waals surface area contributed by atoms with Crippen LogP contribution in [0, 0.1) is 5.92 Å². The summed E-state index contributed by atoms with van der Waals surface area (Å²) < 4.78 is 1.71. The van der Waals surface area contributed by atoms with E-state index in [0.29, 0.717) is 23.9 Å². The van der Waals surface area contributed by atoms with Gasteiger partial charge in [0.25, 0.3) is 5.91 Å². The number of carbonyl (C=O) groups excluding carboxylic acids is 1. The summed E-state index contributed by atoms with van der Waals surface area (Å²) in [7, 11) is 0. The minimum Gasteiger partial charge on any atom is -0.350 e. The van der Waals surface area contributed by atoms with E-state index in [4.69, 9.17) is 0 Å². The summed E-state index contributed by atoms with van der Waals surface area (Å²) in [6, 6.07) is 11.9.